The Labute approximate surface area is 187 Å². The number of nitrogens with one attached hydrogen (secondary N) is 1. The van der Waals surface area contributed by atoms with E-state index in [0.29, 0.717) is 37.6 Å². The number of piperazine rings is 1. The van der Waals surface area contributed by atoms with Crippen LogP contribution in [0.4, 0.5) is 0 Å². The molecule has 32 heavy (non-hydrogen) atoms. The van der Waals surface area contributed by atoms with Crippen molar-refractivity contribution in [3.05, 3.63) is 72.4 Å². The van der Waals surface area contributed by atoms with E-state index in [1.165, 1.54) is 4.31 Å². The van der Waals surface area contributed by atoms with Crippen LogP contribution in [0.2, 0.25) is 0 Å². The Morgan fingerprint density at radius 3 is 2.44 bits per heavy atom. The molecule has 10 heteroatoms. The fraction of sp³-hybridized carbons (Fsp3) is 0.318. The molecule has 0 spiro atoms. The van der Waals surface area contributed by atoms with Crippen LogP contribution in [0.15, 0.2) is 66.2 Å². The topological polar surface area (TPSA) is 100 Å². The zero-order valence-electron chi connectivity index (χ0n) is 17.9. The Morgan fingerprint density at radius 2 is 1.81 bits per heavy atom. The number of aromatic nitrogens is 3. The second-order valence-corrected chi connectivity index (χ2v) is 9.70. The lowest BCUT2D eigenvalue weighted by molar-refractivity contribution is -0.122. The van der Waals surface area contributed by atoms with E-state index in [1.807, 2.05) is 30.2 Å². The quantitative estimate of drug-likeness (QED) is 0.576. The van der Waals surface area contributed by atoms with Crippen molar-refractivity contribution in [2.24, 2.45) is 0 Å². The van der Waals surface area contributed by atoms with Crippen molar-refractivity contribution in [1.29, 1.82) is 0 Å². The summed E-state index contributed by atoms with van der Waals surface area (Å²) in [7, 11) is -3.50. The number of hydrogen-bond donors (Lipinski definition) is 1. The van der Waals surface area contributed by atoms with Gasteiger partial charge in [0.2, 0.25) is 15.9 Å². The summed E-state index contributed by atoms with van der Waals surface area (Å²) in [6.07, 6.45) is 6.91. The van der Waals surface area contributed by atoms with Crippen LogP contribution >= 0.6 is 0 Å². The first-order valence-electron chi connectivity index (χ1n) is 10.4. The zero-order valence-corrected chi connectivity index (χ0v) is 18.7. The highest BCUT2D eigenvalue weighted by atomic mass is 32.2. The highest BCUT2D eigenvalue weighted by Crippen LogP contribution is 2.18. The number of amides is 1. The molecule has 0 atom stereocenters. The van der Waals surface area contributed by atoms with E-state index in [9.17, 15) is 13.2 Å². The fourth-order valence-electron chi connectivity index (χ4n) is 3.52. The van der Waals surface area contributed by atoms with Gasteiger partial charge < -0.3 is 5.32 Å². The van der Waals surface area contributed by atoms with E-state index in [2.05, 4.69) is 15.3 Å². The van der Waals surface area contributed by atoms with Gasteiger partial charge in [0.15, 0.2) is 0 Å². The number of carbonyl (C=O) groups excluding carboxylic acids is 1. The van der Waals surface area contributed by atoms with Gasteiger partial charge in [0, 0.05) is 51.3 Å². The molecule has 2 aromatic heterocycles. The molecule has 1 N–H and O–H groups in total. The number of imidazole rings is 1. The minimum absolute atomic E-state index is 0.0986. The van der Waals surface area contributed by atoms with Crippen molar-refractivity contribution in [3.63, 3.8) is 0 Å². The van der Waals surface area contributed by atoms with Gasteiger partial charge in [-0.15, -0.1) is 0 Å². The molecule has 0 radical (unpaired) electrons. The molecule has 0 bridgehead atoms. The highest BCUT2D eigenvalue weighted by molar-refractivity contribution is 7.89. The molecule has 1 aliphatic rings. The number of nitrogens with zero attached hydrogens (tertiary/aromatic N) is 5. The van der Waals surface area contributed by atoms with Crippen LogP contribution in [0, 0.1) is 6.92 Å². The molecule has 9 nitrogen and oxygen atoms in total. The maximum atomic E-state index is 12.8. The molecule has 1 aromatic carbocycles. The molecule has 0 aliphatic carbocycles. The molecule has 1 aliphatic heterocycles. The summed E-state index contributed by atoms with van der Waals surface area (Å²) in [5, 5.41) is 2.90. The second-order valence-electron chi connectivity index (χ2n) is 7.76. The first-order chi connectivity index (χ1) is 15.4. The third-order valence-electron chi connectivity index (χ3n) is 5.42. The van der Waals surface area contributed by atoms with Crippen LogP contribution in [0.5, 0.6) is 0 Å². The number of aryl methyl sites for hydroxylation is 1. The lowest BCUT2D eigenvalue weighted by Crippen LogP contribution is -2.50. The third-order valence-corrected chi connectivity index (χ3v) is 7.34. The van der Waals surface area contributed by atoms with Gasteiger partial charge in [-0.1, -0.05) is 23.8 Å². The molecule has 1 amide bonds. The molecular weight excluding hydrogens is 428 g/mol. The molecule has 3 heterocycles. The standard InChI is InChI=1S/C22H26N6O3S/c1-18-2-5-20(6-3-18)32(30,31)28-12-10-26(11-13-28)16-22(29)25-15-19-4-7-21(24-14-19)27-9-8-23-17-27/h2-9,14,17H,10-13,15-16H2,1H3,(H,25,29). The van der Waals surface area contributed by atoms with Crippen molar-refractivity contribution in [3.8, 4) is 5.82 Å². The lowest BCUT2D eigenvalue weighted by atomic mass is 10.2. The normalized spacial score (nSPS) is 15.5. The Bertz CT molecular complexity index is 1140. The average Bonchev–Trinajstić information content (AvgIpc) is 3.34. The smallest absolute Gasteiger partial charge is 0.243 e. The van der Waals surface area contributed by atoms with Crippen molar-refractivity contribution < 1.29 is 13.2 Å². The monoisotopic (exact) mass is 454 g/mol. The zero-order chi connectivity index (χ0) is 22.6. The molecule has 0 saturated carbocycles. The largest absolute Gasteiger partial charge is 0.351 e. The predicted octanol–water partition coefficient (Wildman–Crippen LogP) is 1.20. The molecule has 3 aromatic rings. The van der Waals surface area contributed by atoms with Gasteiger partial charge >= 0.3 is 0 Å². The lowest BCUT2D eigenvalue weighted by Gasteiger charge is -2.33. The summed E-state index contributed by atoms with van der Waals surface area (Å²) in [4.78, 5) is 23.0. The summed E-state index contributed by atoms with van der Waals surface area (Å²) in [5.74, 6) is 0.662. The van der Waals surface area contributed by atoms with Gasteiger partial charge in [0.1, 0.15) is 12.1 Å². The Hall–Kier alpha value is -3.08. The Kier molecular flexibility index (Phi) is 6.63. The second kappa shape index (κ2) is 9.60. The predicted molar refractivity (Wildman–Crippen MR) is 120 cm³/mol. The SMILES string of the molecule is Cc1ccc(S(=O)(=O)N2CCN(CC(=O)NCc3ccc(-n4ccnc4)nc3)CC2)cc1. The maximum Gasteiger partial charge on any atom is 0.243 e. The number of sulfonamides is 1. The molecular formula is C22H26N6O3S. The highest BCUT2D eigenvalue weighted by Gasteiger charge is 2.28. The van der Waals surface area contributed by atoms with Crippen LogP contribution in [0.1, 0.15) is 11.1 Å². The fourth-order valence-corrected chi connectivity index (χ4v) is 4.94. The summed E-state index contributed by atoms with van der Waals surface area (Å²) in [5.41, 5.74) is 1.92. The minimum atomic E-state index is -3.50. The van der Waals surface area contributed by atoms with Crippen molar-refractivity contribution in [2.75, 3.05) is 32.7 Å². The van der Waals surface area contributed by atoms with Crippen LogP contribution < -0.4 is 5.32 Å². The minimum Gasteiger partial charge on any atom is -0.351 e. The van der Waals surface area contributed by atoms with Crippen LogP contribution in [0.25, 0.3) is 5.82 Å². The number of pyridine rings is 1. The first kappa shape index (κ1) is 22.1. The Morgan fingerprint density at radius 1 is 1.06 bits per heavy atom. The van der Waals surface area contributed by atoms with E-state index in [0.717, 1.165) is 16.9 Å². The van der Waals surface area contributed by atoms with E-state index in [4.69, 9.17) is 0 Å². The van der Waals surface area contributed by atoms with Gasteiger partial charge in [-0.3, -0.25) is 14.3 Å². The van der Waals surface area contributed by atoms with Gasteiger partial charge in [-0.25, -0.2) is 18.4 Å². The third kappa shape index (κ3) is 5.21. The number of carbonyl (C=O) groups is 1. The van der Waals surface area contributed by atoms with E-state index < -0.39 is 10.0 Å². The van der Waals surface area contributed by atoms with Crippen LogP contribution in [0.3, 0.4) is 0 Å². The van der Waals surface area contributed by atoms with Gasteiger partial charge in [-0.2, -0.15) is 4.31 Å². The summed E-state index contributed by atoms with van der Waals surface area (Å²) in [6, 6.07) is 10.7. The maximum absolute atomic E-state index is 12.8. The molecule has 168 valence electrons. The summed E-state index contributed by atoms with van der Waals surface area (Å²) >= 11 is 0. The average molecular weight is 455 g/mol. The number of hydrogen-bond acceptors (Lipinski definition) is 6. The van der Waals surface area contributed by atoms with Crippen molar-refractivity contribution in [2.45, 2.75) is 18.4 Å². The van der Waals surface area contributed by atoms with Crippen LogP contribution in [-0.2, 0) is 21.4 Å². The first-order valence-corrected chi connectivity index (χ1v) is 11.8. The van der Waals surface area contributed by atoms with Gasteiger partial charge in [0.05, 0.1) is 11.4 Å². The summed E-state index contributed by atoms with van der Waals surface area (Å²) in [6.45, 7) is 4.30. The van der Waals surface area contributed by atoms with Crippen molar-refractivity contribution >= 4 is 15.9 Å². The molecule has 1 saturated heterocycles. The van der Waals surface area contributed by atoms with Gasteiger partial charge in [0.25, 0.3) is 0 Å². The van der Waals surface area contributed by atoms with Crippen LogP contribution in [-0.4, -0.2) is 70.8 Å². The number of rotatable bonds is 7. The van der Waals surface area contributed by atoms with Crippen molar-refractivity contribution in [1.82, 2.24) is 29.1 Å². The molecule has 0 unspecified atom stereocenters. The molecule has 4 rings (SSSR count). The van der Waals surface area contributed by atoms with E-state index >= 15 is 0 Å². The van der Waals surface area contributed by atoms with E-state index in [1.54, 1.807) is 47.6 Å². The Balaban J connectivity index is 1.23. The van der Waals surface area contributed by atoms with Gasteiger partial charge in [-0.05, 0) is 30.7 Å². The summed E-state index contributed by atoms with van der Waals surface area (Å²) < 4.78 is 28.9. The van der Waals surface area contributed by atoms with E-state index in [-0.39, 0.29) is 12.5 Å². The number of benzene rings is 1. The molecule has 1 fully saturated rings.